The molecule has 3 N–H and O–H groups in total. The van der Waals surface area contributed by atoms with Gasteiger partial charge in [0.15, 0.2) is 0 Å². The van der Waals surface area contributed by atoms with E-state index in [0.717, 1.165) is 6.08 Å². The van der Waals surface area contributed by atoms with E-state index in [1.807, 2.05) is 13.8 Å². The number of carbonyl (C=O) groups is 2. The Bertz CT molecular complexity index is 501. The molecule has 0 atom stereocenters. The molecule has 0 bridgehead atoms. The van der Waals surface area contributed by atoms with Gasteiger partial charge in [0.2, 0.25) is 5.91 Å². The van der Waals surface area contributed by atoms with E-state index >= 15 is 0 Å². The lowest BCUT2D eigenvalue weighted by Gasteiger charge is -2.12. The van der Waals surface area contributed by atoms with Crippen molar-refractivity contribution in [1.82, 2.24) is 5.32 Å². The summed E-state index contributed by atoms with van der Waals surface area (Å²) in [7, 11) is 0. The van der Waals surface area contributed by atoms with Gasteiger partial charge in [0.05, 0.1) is 10.7 Å². The minimum atomic E-state index is -0.370. The maximum atomic E-state index is 11.5. The second-order valence-corrected chi connectivity index (χ2v) is 4.55. The quantitative estimate of drug-likeness (QED) is 0.743. The summed E-state index contributed by atoms with van der Waals surface area (Å²) in [4.78, 5) is 22.8. The number of amides is 3. The van der Waals surface area contributed by atoms with Crippen LogP contribution in [0.15, 0.2) is 30.9 Å². The molecule has 0 aliphatic carbocycles. The molecule has 0 aromatic heterocycles. The predicted octanol–water partition coefficient (Wildman–Crippen LogP) is 2.99. The molecular formula is C13H16ClN3O2. The number of nitrogens with one attached hydrogen (secondary N) is 3. The van der Waals surface area contributed by atoms with Crippen molar-refractivity contribution in [2.45, 2.75) is 19.9 Å². The normalized spacial score (nSPS) is 9.89. The van der Waals surface area contributed by atoms with Crippen LogP contribution in [0.4, 0.5) is 16.2 Å². The summed E-state index contributed by atoms with van der Waals surface area (Å²) in [5.41, 5.74) is 0.941. The monoisotopic (exact) mass is 281 g/mol. The Balaban J connectivity index is 2.81. The van der Waals surface area contributed by atoms with E-state index in [1.165, 1.54) is 0 Å². The van der Waals surface area contributed by atoms with Crippen LogP contribution in [0.5, 0.6) is 0 Å². The third kappa shape index (κ3) is 5.01. The number of anilines is 2. The van der Waals surface area contributed by atoms with E-state index in [9.17, 15) is 9.59 Å². The van der Waals surface area contributed by atoms with Gasteiger partial charge >= 0.3 is 6.03 Å². The minimum absolute atomic E-state index is 0.0345. The van der Waals surface area contributed by atoms with E-state index < -0.39 is 0 Å². The first-order valence-corrected chi connectivity index (χ1v) is 6.10. The zero-order valence-electron chi connectivity index (χ0n) is 10.8. The first kappa shape index (κ1) is 15.0. The molecule has 0 heterocycles. The van der Waals surface area contributed by atoms with Crippen LogP contribution in [0.25, 0.3) is 0 Å². The Hall–Kier alpha value is -2.01. The molecule has 102 valence electrons. The van der Waals surface area contributed by atoms with Crippen LogP contribution in [0.1, 0.15) is 13.8 Å². The SMILES string of the molecule is C=CC(=O)Nc1cc(NC(=O)NC(C)C)ccc1Cl. The van der Waals surface area contributed by atoms with Gasteiger partial charge in [0.1, 0.15) is 0 Å². The molecule has 19 heavy (non-hydrogen) atoms. The van der Waals surface area contributed by atoms with Crippen molar-refractivity contribution in [2.75, 3.05) is 10.6 Å². The summed E-state index contributed by atoms with van der Waals surface area (Å²) in [6, 6.07) is 4.52. The molecule has 0 radical (unpaired) electrons. The van der Waals surface area contributed by atoms with Crippen LogP contribution in [0, 0.1) is 0 Å². The Morgan fingerprint density at radius 2 is 2.00 bits per heavy atom. The van der Waals surface area contributed by atoms with Crippen LogP contribution in [0.2, 0.25) is 5.02 Å². The van der Waals surface area contributed by atoms with Gasteiger partial charge in [-0.05, 0) is 38.1 Å². The summed E-state index contributed by atoms with van der Waals surface area (Å²) >= 11 is 5.94. The van der Waals surface area contributed by atoms with Crippen molar-refractivity contribution in [2.24, 2.45) is 0 Å². The number of hydrogen-bond donors (Lipinski definition) is 3. The van der Waals surface area contributed by atoms with Crippen molar-refractivity contribution >= 4 is 34.9 Å². The molecule has 1 rings (SSSR count). The average molecular weight is 282 g/mol. The molecule has 0 fully saturated rings. The zero-order valence-corrected chi connectivity index (χ0v) is 11.5. The van der Waals surface area contributed by atoms with Gasteiger partial charge in [-0.1, -0.05) is 18.2 Å². The Morgan fingerprint density at radius 1 is 1.32 bits per heavy atom. The third-order valence-electron chi connectivity index (χ3n) is 2.09. The fourth-order valence-electron chi connectivity index (χ4n) is 1.31. The molecule has 3 amide bonds. The topological polar surface area (TPSA) is 70.2 Å². The molecule has 0 spiro atoms. The number of hydrogen-bond acceptors (Lipinski definition) is 2. The predicted molar refractivity (Wildman–Crippen MR) is 77.6 cm³/mol. The van der Waals surface area contributed by atoms with Gasteiger partial charge in [-0.2, -0.15) is 0 Å². The van der Waals surface area contributed by atoms with E-state index in [2.05, 4.69) is 22.5 Å². The Labute approximate surface area is 117 Å². The van der Waals surface area contributed by atoms with E-state index in [1.54, 1.807) is 18.2 Å². The van der Waals surface area contributed by atoms with Gasteiger partial charge in [0, 0.05) is 11.7 Å². The average Bonchev–Trinajstić information content (AvgIpc) is 2.32. The number of carbonyl (C=O) groups excluding carboxylic acids is 2. The molecule has 6 heteroatoms. The van der Waals surface area contributed by atoms with E-state index in [0.29, 0.717) is 16.4 Å². The number of urea groups is 1. The fraction of sp³-hybridized carbons (Fsp3) is 0.231. The standard InChI is InChI=1S/C13H16ClN3O2/c1-4-12(18)17-11-7-9(5-6-10(11)14)16-13(19)15-8(2)3/h4-8H,1H2,2-3H3,(H,17,18)(H2,15,16,19). The summed E-state index contributed by atoms with van der Waals surface area (Å²) in [5, 5.41) is 8.27. The first-order chi connectivity index (χ1) is 8.92. The van der Waals surface area contributed by atoms with Crippen LogP contribution in [-0.4, -0.2) is 18.0 Å². The summed E-state index contributed by atoms with van der Waals surface area (Å²) < 4.78 is 0. The van der Waals surface area contributed by atoms with Crippen LogP contribution in [0.3, 0.4) is 0 Å². The van der Waals surface area contributed by atoms with E-state index in [-0.39, 0.29) is 18.0 Å². The highest BCUT2D eigenvalue weighted by atomic mass is 35.5. The summed E-state index contributed by atoms with van der Waals surface area (Å²) in [6.07, 6.45) is 1.14. The van der Waals surface area contributed by atoms with Gasteiger partial charge in [0.25, 0.3) is 0 Å². The van der Waals surface area contributed by atoms with Gasteiger partial charge in [-0.25, -0.2) is 4.79 Å². The second-order valence-electron chi connectivity index (χ2n) is 4.14. The maximum absolute atomic E-state index is 11.5. The highest BCUT2D eigenvalue weighted by molar-refractivity contribution is 6.34. The van der Waals surface area contributed by atoms with Crippen molar-refractivity contribution in [3.63, 3.8) is 0 Å². The number of rotatable bonds is 4. The molecule has 1 aromatic carbocycles. The smallest absolute Gasteiger partial charge is 0.319 e. The fourth-order valence-corrected chi connectivity index (χ4v) is 1.48. The van der Waals surface area contributed by atoms with Gasteiger partial charge in [-0.15, -0.1) is 0 Å². The second kappa shape index (κ2) is 6.80. The van der Waals surface area contributed by atoms with Crippen LogP contribution in [-0.2, 0) is 4.79 Å². The molecule has 0 aliphatic heterocycles. The minimum Gasteiger partial charge on any atom is -0.336 e. The summed E-state index contributed by atoms with van der Waals surface area (Å²) in [5.74, 6) is -0.370. The van der Waals surface area contributed by atoms with E-state index in [4.69, 9.17) is 11.6 Å². The first-order valence-electron chi connectivity index (χ1n) is 5.73. The molecular weight excluding hydrogens is 266 g/mol. The maximum Gasteiger partial charge on any atom is 0.319 e. The lowest BCUT2D eigenvalue weighted by Crippen LogP contribution is -2.34. The highest BCUT2D eigenvalue weighted by Gasteiger charge is 2.07. The Morgan fingerprint density at radius 3 is 2.58 bits per heavy atom. The van der Waals surface area contributed by atoms with Crippen molar-refractivity contribution in [3.05, 3.63) is 35.9 Å². The molecule has 0 saturated carbocycles. The molecule has 0 unspecified atom stereocenters. The zero-order chi connectivity index (χ0) is 14.4. The van der Waals surface area contributed by atoms with Crippen molar-refractivity contribution in [3.8, 4) is 0 Å². The Kier molecular flexibility index (Phi) is 5.38. The molecule has 0 saturated heterocycles. The number of benzene rings is 1. The highest BCUT2D eigenvalue weighted by Crippen LogP contribution is 2.25. The third-order valence-corrected chi connectivity index (χ3v) is 2.42. The summed E-state index contributed by atoms with van der Waals surface area (Å²) in [6.45, 7) is 7.07. The number of halogens is 1. The lowest BCUT2D eigenvalue weighted by atomic mass is 10.2. The van der Waals surface area contributed by atoms with Crippen molar-refractivity contribution < 1.29 is 9.59 Å². The van der Waals surface area contributed by atoms with Crippen LogP contribution >= 0.6 is 11.6 Å². The largest absolute Gasteiger partial charge is 0.336 e. The van der Waals surface area contributed by atoms with Crippen molar-refractivity contribution in [1.29, 1.82) is 0 Å². The van der Waals surface area contributed by atoms with Gasteiger partial charge < -0.3 is 16.0 Å². The van der Waals surface area contributed by atoms with Gasteiger partial charge in [-0.3, -0.25) is 4.79 Å². The molecule has 1 aromatic rings. The van der Waals surface area contributed by atoms with Crippen LogP contribution < -0.4 is 16.0 Å². The molecule has 0 aliphatic rings. The lowest BCUT2D eigenvalue weighted by molar-refractivity contribution is -0.111. The molecule has 5 nitrogen and oxygen atoms in total.